The highest BCUT2D eigenvalue weighted by molar-refractivity contribution is 5.87. The van der Waals surface area contributed by atoms with Gasteiger partial charge in [0, 0.05) is 6.04 Å². The Morgan fingerprint density at radius 3 is 2.80 bits per heavy atom. The standard InChI is InChI=1S/C8H9NO/c10-8-6-4-1-2-5(3-4)7(6)9-8/h1-2,4-7H,3H2,(H,9,10)/t4-,5+,6-,7+/m0/s1. The molecule has 52 valence electrons. The van der Waals surface area contributed by atoms with Gasteiger partial charge in [0.2, 0.25) is 5.91 Å². The van der Waals surface area contributed by atoms with Gasteiger partial charge >= 0.3 is 0 Å². The van der Waals surface area contributed by atoms with Crippen LogP contribution < -0.4 is 5.32 Å². The number of hydrogen-bond acceptors (Lipinski definition) is 1. The Morgan fingerprint density at radius 1 is 1.40 bits per heavy atom. The van der Waals surface area contributed by atoms with Crippen molar-refractivity contribution < 1.29 is 4.79 Å². The normalized spacial score (nSPS) is 54.2. The number of nitrogens with one attached hydrogen (secondary N) is 1. The van der Waals surface area contributed by atoms with Crippen LogP contribution in [0, 0.1) is 17.8 Å². The predicted octanol–water partition coefficient (Wildman–Crippen LogP) is 0.307. The molecule has 2 heteroatoms. The summed E-state index contributed by atoms with van der Waals surface area (Å²) in [5.74, 6) is 1.90. The monoisotopic (exact) mass is 135 g/mol. The van der Waals surface area contributed by atoms with E-state index < -0.39 is 0 Å². The minimum Gasteiger partial charge on any atom is -0.352 e. The molecule has 1 amide bonds. The van der Waals surface area contributed by atoms with Crippen LogP contribution in [0.1, 0.15) is 6.42 Å². The van der Waals surface area contributed by atoms with E-state index in [4.69, 9.17) is 0 Å². The first-order valence-electron chi connectivity index (χ1n) is 3.85. The highest BCUT2D eigenvalue weighted by Gasteiger charge is 2.54. The van der Waals surface area contributed by atoms with Crippen molar-refractivity contribution in [3.8, 4) is 0 Å². The molecule has 1 saturated carbocycles. The third-order valence-corrected chi connectivity index (χ3v) is 3.07. The van der Waals surface area contributed by atoms with Crippen molar-refractivity contribution >= 4 is 5.91 Å². The highest BCUT2D eigenvalue weighted by atomic mass is 16.2. The second kappa shape index (κ2) is 1.29. The summed E-state index contributed by atoms with van der Waals surface area (Å²) in [5.41, 5.74) is 0. The zero-order valence-electron chi connectivity index (χ0n) is 5.58. The lowest BCUT2D eigenvalue weighted by Crippen LogP contribution is -2.59. The summed E-state index contributed by atoms with van der Waals surface area (Å²) >= 11 is 0. The van der Waals surface area contributed by atoms with Gasteiger partial charge in [-0.15, -0.1) is 0 Å². The molecule has 0 aromatic rings. The van der Waals surface area contributed by atoms with Gasteiger partial charge in [0.1, 0.15) is 0 Å². The summed E-state index contributed by atoms with van der Waals surface area (Å²) in [6, 6.07) is 0.516. The number of fused-ring (bicyclic) bond motifs is 5. The molecule has 3 aliphatic rings. The third kappa shape index (κ3) is 0.349. The Balaban J connectivity index is 2.03. The number of rotatable bonds is 0. The molecule has 2 aliphatic carbocycles. The Kier molecular flexibility index (Phi) is 0.636. The smallest absolute Gasteiger partial charge is 0.226 e. The highest BCUT2D eigenvalue weighted by Crippen LogP contribution is 2.47. The van der Waals surface area contributed by atoms with Crippen molar-refractivity contribution in [2.45, 2.75) is 12.5 Å². The molecule has 0 spiro atoms. The van der Waals surface area contributed by atoms with Gasteiger partial charge in [-0.05, 0) is 18.3 Å². The molecule has 1 aliphatic heterocycles. The van der Waals surface area contributed by atoms with E-state index in [1.807, 2.05) is 0 Å². The van der Waals surface area contributed by atoms with Crippen LogP contribution in [0.25, 0.3) is 0 Å². The lowest BCUT2D eigenvalue weighted by molar-refractivity contribution is -0.135. The molecule has 0 radical (unpaired) electrons. The van der Waals surface area contributed by atoms with Gasteiger partial charge in [-0.3, -0.25) is 4.79 Å². The van der Waals surface area contributed by atoms with E-state index in [1.165, 1.54) is 6.42 Å². The summed E-state index contributed by atoms with van der Waals surface area (Å²) in [4.78, 5) is 11.0. The van der Waals surface area contributed by atoms with Crippen LogP contribution in [0.5, 0.6) is 0 Å². The third-order valence-electron chi connectivity index (χ3n) is 3.07. The maximum absolute atomic E-state index is 11.0. The quantitative estimate of drug-likeness (QED) is 0.376. The molecule has 0 aromatic carbocycles. The summed E-state index contributed by atoms with van der Waals surface area (Å²) in [6.45, 7) is 0. The van der Waals surface area contributed by atoms with E-state index >= 15 is 0 Å². The minimum absolute atomic E-state index is 0.279. The fraction of sp³-hybridized carbons (Fsp3) is 0.625. The number of allylic oxidation sites excluding steroid dienone is 1. The average Bonchev–Trinajstić information content (AvgIpc) is 2.40. The second-order valence-electron chi connectivity index (χ2n) is 3.51. The molecule has 0 unspecified atom stereocenters. The lowest BCUT2D eigenvalue weighted by atomic mass is 9.82. The van der Waals surface area contributed by atoms with Crippen molar-refractivity contribution in [2.24, 2.45) is 17.8 Å². The van der Waals surface area contributed by atoms with Crippen molar-refractivity contribution in [1.82, 2.24) is 5.32 Å². The molecule has 0 aromatic heterocycles. The van der Waals surface area contributed by atoms with Crippen LogP contribution in [0.2, 0.25) is 0 Å². The second-order valence-corrected chi connectivity index (χ2v) is 3.51. The Morgan fingerprint density at radius 2 is 2.20 bits per heavy atom. The van der Waals surface area contributed by atoms with Gasteiger partial charge in [0.25, 0.3) is 0 Å². The minimum atomic E-state index is 0.279. The summed E-state index contributed by atoms with van der Waals surface area (Å²) in [7, 11) is 0. The molecule has 10 heavy (non-hydrogen) atoms. The largest absolute Gasteiger partial charge is 0.352 e. The maximum Gasteiger partial charge on any atom is 0.226 e. The summed E-state index contributed by atoms with van der Waals surface area (Å²) in [5, 5.41) is 2.95. The fourth-order valence-electron chi connectivity index (χ4n) is 2.54. The summed E-state index contributed by atoms with van der Waals surface area (Å²) < 4.78 is 0. The van der Waals surface area contributed by atoms with E-state index in [0.29, 0.717) is 23.8 Å². The average molecular weight is 135 g/mol. The van der Waals surface area contributed by atoms with Gasteiger partial charge in [-0.2, -0.15) is 0 Å². The van der Waals surface area contributed by atoms with E-state index in [-0.39, 0.29) is 5.91 Å². The first-order valence-corrected chi connectivity index (χ1v) is 3.85. The van der Waals surface area contributed by atoms with Crippen molar-refractivity contribution in [3.05, 3.63) is 12.2 Å². The fourth-order valence-corrected chi connectivity index (χ4v) is 2.54. The number of amides is 1. The van der Waals surface area contributed by atoms with Crippen LogP contribution in [-0.2, 0) is 4.79 Å². The van der Waals surface area contributed by atoms with Crippen molar-refractivity contribution in [2.75, 3.05) is 0 Å². The van der Waals surface area contributed by atoms with Crippen molar-refractivity contribution in [3.63, 3.8) is 0 Å². The van der Waals surface area contributed by atoms with Crippen LogP contribution in [0.15, 0.2) is 12.2 Å². The molecule has 2 bridgehead atoms. The molecule has 1 N–H and O–H groups in total. The van der Waals surface area contributed by atoms with Crippen LogP contribution >= 0.6 is 0 Å². The predicted molar refractivity (Wildman–Crippen MR) is 36.2 cm³/mol. The van der Waals surface area contributed by atoms with Crippen molar-refractivity contribution in [1.29, 1.82) is 0 Å². The number of hydrogen-bond donors (Lipinski definition) is 1. The van der Waals surface area contributed by atoms with Crippen LogP contribution in [0.4, 0.5) is 0 Å². The molecule has 2 nitrogen and oxygen atoms in total. The topological polar surface area (TPSA) is 29.1 Å². The first kappa shape index (κ1) is 4.94. The molecule has 2 fully saturated rings. The first-order chi connectivity index (χ1) is 4.86. The number of carbonyl (C=O) groups is 1. The van der Waals surface area contributed by atoms with Gasteiger partial charge in [-0.25, -0.2) is 0 Å². The Bertz CT molecular complexity index is 233. The van der Waals surface area contributed by atoms with Gasteiger partial charge < -0.3 is 5.32 Å². The molecular formula is C8H9NO. The molecule has 1 heterocycles. The van der Waals surface area contributed by atoms with Gasteiger partial charge in [0.05, 0.1) is 5.92 Å². The number of carbonyl (C=O) groups excluding carboxylic acids is 1. The molecule has 1 saturated heterocycles. The maximum atomic E-state index is 11.0. The Hall–Kier alpha value is -0.790. The van der Waals surface area contributed by atoms with Crippen LogP contribution in [-0.4, -0.2) is 11.9 Å². The van der Waals surface area contributed by atoms with Gasteiger partial charge in [0.15, 0.2) is 0 Å². The zero-order chi connectivity index (χ0) is 6.72. The van der Waals surface area contributed by atoms with E-state index in [9.17, 15) is 4.79 Å². The van der Waals surface area contributed by atoms with Crippen LogP contribution in [0.3, 0.4) is 0 Å². The SMILES string of the molecule is O=C1N[C@H]2[C@@H]1[C@H]1C=C[C@@H]2C1. The van der Waals surface area contributed by atoms with E-state index in [2.05, 4.69) is 17.5 Å². The lowest BCUT2D eigenvalue weighted by Gasteiger charge is -2.37. The van der Waals surface area contributed by atoms with Gasteiger partial charge in [-0.1, -0.05) is 12.2 Å². The molecule has 3 rings (SSSR count). The van der Waals surface area contributed by atoms with E-state index in [1.54, 1.807) is 0 Å². The Labute approximate surface area is 59.3 Å². The molecular weight excluding hydrogens is 126 g/mol. The number of β-lactam (4-membered cyclic amide) rings is 1. The zero-order valence-corrected chi connectivity index (χ0v) is 5.58. The summed E-state index contributed by atoms with van der Waals surface area (Å²) in [6.07, 6.45) is 5.68. The molecule has 4 atom stereocenters. The van der Waals surface area contributed by atoms with E-state index in [0.717, 1.165) is 0 Å².